The molecule has 0 saturated carbocycles. The van der Waals surface area contributed by atoms with E-state index in [1.807, 2.05) is 0 Å². The van der Waals surface area contributed by atoms with Gasteiger partial charge in [0.15, 0.2) is 0 Å². The Hall–Kier alpha value is -1.75. The van der Waals surface area contributed by atoms with Crippen molar-refractivity contribution in [1.82, 2.24) is 5.32 Å². The standard InChI is InChI=1S/C9H12N2O3/c1-11-9(13-6-12)14-8-4-2-3-7(10)5-8/h2-6,9,11H,10H2,1H3. The molecule has 0 aliphatic rings. The topological polar surface area (TPSA) is 73.6 Å². The Balaban J connectivity index is 2.61. The normalized spacial score (nSPS) is 11.8. The van der Waals surface area contributed by atoms with Crippen LogP contribution in [-0.2, 0) is 9.53 Å². The summed E-state index contributed by atoms with van der Waals surface area (Å²) < 4.78 is 9.82. The van der Waals surface area contributed by atoms with Gasteiger partial charge in [-0.1, -0.05) is 6.07 Å². The highest BCUT2D eigenvalue weighted by molar-refractivity contribution is 5.43. The Bertz CT molecular complexity index is 304. The molecule has 1 aromatic rings. The average molecular weight is 196 g/mol. The first-order valence-corrected chi connectivity index (χ1v) is 4.05. The fourth-order valence-corrected chi connectivity index (χ4v) is 0.917. The number of hydrogen-bond donors (Lipinski definition) is 2. The number of carbonyl (C=O) groups excluding carboxylic acids is 1. The Morgan fingerprint density at radius 2 is 2.36 bits per heavy atom. The highest BCUT2D eigenvalue weighted by Crippen LogP contribution is 2.15. The van der Waals surface area contributed by atoms with Gasteiger partial charge in [0.05, 0.1) is 0 Å². The molecule has 1 rings (SSSR count). The minimum Gasteiger partial charge on any atom is -0.442 e. The Morgan fingerprint density at radius 3 is 2.93 bits per heavy atom. The first-order chi connectivity index (χ1) is 6.76. The number of benzene rings is 1. The third kappa shape index (κ3) is 2.95. The average Bonchev–Trinajstić information content (AvgIpc) is 2.17. The van der Waals surface area contributed by atoms with Crippen LogP contribution in [0.15, 0.2) is 24.3 Å². The summed E-state index contributed by atoms with van der Waals surface area (Å²) in [5.74, 6) is 0.534. The zero-order valence-corrected chi connectivity index (χ0v) is 7.77. The lowest BCUT2D eigenvalue weighted by Gasteiger charge is -2.15. The van der Waals surface area contributed by atoms with Gasteiger partial charge in [-0.2, -0.15) is 0 Å². The fraction of sp³-hybridized carbons (Fsp3) is 0.222. The van der Waals surface area contributed by atoms with Crippen molar-refractivity contribution in [2.75, 3.05) is 12.8 Å². The van der Waals surface area contributed by atoms with E-state index >= 15 is 0 Å². The van der Waals surface area contributed by atoms with Gasteiger partial charge in [-0.25, -0.2) is 0 Å². The molecule has 0 bridgehead atoms. The Kier molecular flexibility index (Phi) is 3.75. The molecule has 0 aliphatic carbocycles. The molecular formula is C9H12N2O3. The number of nitrogens with two attached hydrogens (primary N) is 1. The summed E-state index contributed by atoms with van der Waals surface area (Å²) in [4.78, 5) is 10.1. The van der Waals surface area contributed by atoms with Crippen molar-refractivity contribution in [3.05, 3.63) is 24.3 Å². The minimum absolute atomic E-state index is 0.313. The van der Waals surface area contributed by atoms with Gasteiger partial charge in [-0.15, -0.1) is 0 Å². The number of nitrogens with one attached hydrogen (secondary N) is 1. The summed E-state index contributed by atoms with van der Waals surface area (Å²) in [6.07, 6.45) is -0.797. The zero-order valence-electron chi connectivity index (χ0n) is 7.77. The number of nitrogen functional groups attached to an aromatic ring is 1. The summed E-state index contributed by atoms with van der Waals surface area (Å²) in [6.45, 7) is 0.313. The molecule has 5 nitrogen and oxygen atoms in total. The monoisotopic (exact) mass is 196 g/mol. The SMILES string of the molecule is CNC(OC=O)Oc1cccc(N)c1. The molecule has 1 aromatic carbocycles. The van der Waals surface area contributed by atoms with Gasteiger partial charge in [0.25, 0.3) is 6.47 Å². The van der Waals surface area contributed by atoms with Crippen LogP contribution in [0.25, 0.3) is 0 Å². The molecule has 0 saturated heterocycles. The summed E-state index contributed by atoms with van der Waals surface area (Å²) in [6, 6.07) is 6.84. The number of rotatable bonds is 5. The van der Waals surface area contributed by atoms with Crippen LogP contribution >= 0.6 is 0 Å². The maximum absolute atomic E-state index is 10.1. The van der Waals surface area contributed by atoms with E-state index in [9.17, 15) is 4.79 Å². The van der Waals surface area contributed by atoms with E-state index in [1.54, 1.807) is 31.3 Å². The van der Waals surface area contributed by atoms with E-state index in [1.165, 1.54) is 0 Å². The van der Waals surface area contributed by atoms with Gasteiger partial charge in [-0.05, 0) is 19.2 Å². The van der Waals surface area contributed by atoms with Gasteiger partial charge >= 0.3 is 6.41 Å². The summed E-state index contributed by atoms with van der Waals surface area (Å²) in [5, 5.41) is 2.65. The smallest absolute Gasteiger partial charge is 0.304 e. The van der Waals surface area contributed by atoms with Crippen molar-refractivity contribution < 1.29 is 14.3 Å². The second-order valence-corrected chi connectivity index (χ2v) is 2.54. The minimum atomic E-state index is -0.797. The molecule has 0 heterocycles. The van der Waals surface area contributed by atoms with Crippen molar-refractivity contribution in [3.8, 4) is 5.75 Å². The second kappa shape index (κ2) is 5.08. The lowest BCUT2D eigenvalue weighted by molar-refractivity contribution is -0.151. The highest BCUT2D eigenvalue weighted by atomic mass is 16.7. The van der Waals surface area contributed by atoms with E-state index in [0.717, 1.165) is 0 Å². The lowest BCUT2D eigenvalue weighted by atomic mass is 10.3. The summed E-state index contributed by atoms with van der Waals surface area (Å²) in [7, 11) is 1.61. The van der Waals surface area contributed by atoms with Crippen LogP contribution in [0.3, 0.4) is 0 Å². The van der Waals surface area contributed by atoms with Crippen LogP contribution in [0.5, 0.6) is 5.75 Å². The molecule has 0 aliphatic heterocycles. The number of anilines is 1. The van der Waals surface area contributed by atoms with Gasteiger partial charge in [-0.3, -0.25) is 10.1 Å². The van der Waals surface area contributed by atoms with Crippen LogP contribution in [0.1, 0.15) is 0 Å². The number of carbonyl (C=O) groups is 1. The van der Waals surface area contributed by atoms with Crippen molar-refractivity contribution in [2.45, 2.75) is 6.41 Å². The summed E-state index contributed by atoms with van der Waals surface area (Å²) >= 11 is 0. The first-order valence-electron chi connectivity index (χ1n) is 4.05. The fourth-order valence-electron chi connectivity index (χ4n) is 0.917. The van der Waals surface area contributed by atoms with Gasteiger partial charge < -0.3 is 15.2 Å². The first kappa shape index (κ1) is 10.3. The zero-order chi connectivity index (χ0) is 10.4. The third-order valence-corrected chi connectivity index (χ3v) is 1.52. The van der Waals surface area contributed by atoms with Gasteiger partial charge in [0.2, 0.25) is 0 Å². The van der Waals surface area contributed by atoms with Gasteiger partial charge in [0.1, 0.15) is 5.75 Å². The molecule has 0 amide bonds. The Morgan fingerprint density at radius 1 is 1.57 bits per heavy atom. The van der Waals surface area contributed by atoms with E-state index < -0.39 is 6.41 Å². The van der Waals surface area contributed by atoms with Crippen molar-refractivity contribution >= 4 is 12.2 Å². The highest BCUT2D eigenvalue weighted by Gasteiger charge is 2.06. The summed E-state index contributed by atoms with van der Waals surface area (Å²) in [5.41, 5.74) is 6.13. The van der Waals surface area contributed by atoms with Crippen molar-refractivity contribution in [2.24, 2.45) is 0 Å². The van der Waals surface area contributed by atoms with Crippen LogP contribution in [0.4, 0.5) is 5.69 Å². The van der Waals surface area contributed by atoms with Crippen molar-refractivity contribution in [1.29, 1.82) is 0 Å². The predicted molar refractivity (Wildman–Crippen MR) is 51.5 cm³/mol. The molecule has 1 unspecified atom stereocenters. The molecule has 76 valence electrons. The van der Waals surface area contributed by atoms with Gasteiger partial charge in [0, 0.05) is 11.8 Å². The van der Waals surface area contributed by atoms with Crippen LogP contribution in [0.2, 0.25) is 0 Å². The molecule has 3 N–H and O–H groups in total. The molecule has 0 aromatic heterocycles. The third-order valence-electron chi connectivity index (χ3n) is 1.52. The van der Waals surface area contributed by atoms with Crippen LogP contribution < -0.4 is 15.8 Å². The predicted octanol–water partition coefficient (Wildman–Crippen LogP) is 0.324. The molecule has 1 atom stereocenters. The number of ether oxygens (including phenoxy) is 2. The molecule has 0 radical (unpaired) electrons. The van der Waals surface area contributed by atoms with Crippen LogP contribution in [0, 0.1) is 0 Å². The van der Waals surface area contributed by atoms with Crippen molar-refractivity contribution in [3.63, 3.8) is 0 Å². The van der Waals surface area contributed by atoms with Crippen LogP contribution in [-0.4, -0.2) is 19.9 Å². The Labute approximate surface area is 81.8 Å². The molecular weight excluding hydrogens is 184 g/mol. The maximum Gasteiger partial charge on any atom is 0.304 e. The van der Waals surface area contributed by atoms with E-state index in [0.29, 0.717) is 17.9 Å². The van der Waals surface area contributed by atoms with E-state index in [2.05, 4.69) is 10.1 Å². The van der Waals surface area contributed by atoms with E-state index in [4.69, 9.17) is 10.5 Å². The quantitative estimate of drug-likeness (QED) is 0.403. The largest absolute Gasteiger partial charge is 0.442 e. The van der Waals surface area contributed by atoms with E-state index in [-0.39, 0.29) is 0 Å². The molecule has 0 fully saturated rings. The second-order valence-electron chi connectivity index (χ2n) is 2.54. The maximum atomic E-state index is 10.1. The molecule has 14 heavy (non-hydrogen) atoms. The molecule has 0 spiro atoms. The molecule has 5 heteroatoms. The lowest BCUT2D eigenvalue weighted by Crippen LogP contribution is -2.33. The number of hydrogen-bond acceptors (Lipinski definition) is 5.